The van der Waals surface area contributed by atoms with Gasteiger partial charge in [-0.3, -0.25) is 9.69 Å². The monoisotopic (exact) mass is 372 g/mol. The molecule has 0 bridgehead atoms. The Morgan fingerprint density at radius 3 is 2.33 bits per heavy atom. The Balaban J connectivity index is 0.000000273. The van der Waals surface area contributed by atoms with Crippen molar-refractivity contribution < 1.29 is 4.79 Å². The Morgan fingerprint density at radius 1 is 1.22 bits per heavy atom. The van der Waals surface area contributed by atoms with Crippen molar-refractivity contribution in [3.8, 4) is 0 Å². The zero-order valence-corrected chi connectivity index (χ0v) is 18.1. The van der Waals surface area contributed by atoms with E-state index in [-0.39, 0.29) is 0 Å². The second-order valence-corrected chi connectivity index (χ2v) is 9.20. The van der Waals surface area contributed by atoms with E-state index in [1.807, 2.05) is 31.2 Å². The lowest BCUT2D eigenvalue weighted by molar-refractivity contribution is -0.126. The number of rotatable bonds is 5. The minimum Gasteiger partial charge on any atom is -0.399 e. The minimum absolute atomic E-state index is 0.303. The van der Waals surface area contributed by atoms with Crippen LogP contribution in [-0.4, -0.2) is 29.8 Å². The number of nitrogens with zero attached hydrogens (tertiary/aromatic N) is 1. The van der Waals surface area contributed by atoms with Gasteiger partial charge < -0.3 is 5.73 Å². The smallest absolute Gasteiger partial charge is 0.134 e. The van der Waals surface area contributed by atoms with E-state index >= 15 is 0 Å². The third-order valence-corrected chi connectivity index (χ3v) is 6.47. The number of nitrogen functional groups attached to an aromatic ring is 1. The van der Waals surface area contributed by atoms with Crippen LogP contribution < -0.4 is 5.73 Å². The first-order chi connectivity index (χ1) is 12.8. The van der Waals surface area contributed by atoms with Gasteiger partial charge in [-0.25, -0.2) is 0 Å². The number of Topliss-reactive ketones (excluding diaryl/α,β-unsaturated/α-hetero) is 1. The van der Waals surface area contributed by atoms with Gasteiger partial charge in [-0.2, -0.15) is 0 Å². The molecule has 152 valence electrons. The molecule has 2 N–H and O–H groups in total. The van der Waals surface area contributed by atoms with Gasteiger partial charge in [0.15, 0.2) is 0 Å². The SMILES string of the molecule is CCC1CC(N2CCC(CC(C)C)C(C(C)=O)C2)C1.Cc1ccc(N)cc1. The fourth-order valence-electron chi connectivity index (χ4n) is 4.60. The highest BCUT2D eigenvalue weighted by atomic mass is 16.1. The van der Waals surface area contributed by atoms with E-state index < -0.39 is 0 Å². The predicted molar refractivity (Wildman–Crippen MR) is 116 cm³/mol. The van der Waals surface area contributed by atoms with Crippen LogP contribution in [0.15, 0.2) is 24.3 Å². The van der Waals surface area contributed by atoms with Gasteiger partial charge in [-0.1, -0.05) is 44.9 Å². The van der Waals surface area contributed by atoms with Crippen molar-refractivity contribution in [2.45, 2.75) is 72.8 Å². The first kappa shape index (κ1) is 21.9. The van der Waals surface area contributed by atoms with Crippen LogP contribution in [0.5, 0.6) is 0 Å². The number of piperidine rings is 1. The van der Waals surface area contributed by atoms with Gasteiger partial charge in [0.1, 0.15) is 5.78 Å². The zero-order valence-electron chi connectivity index (χ0n) is 18.1. The molecule has 1 aromatic carbocycles. The second kappa shape index (κ2) is 10.3. The van der Waals surface area contributed by atoms with E-state index in [1.165, 1.54) is 44.2 Å². The number of ketones is 1. The number of aryl methyl sites for hydroxylation is 1. The van der Waals surface area contributed by atoms with Gasteiger partial charge >= 0.3 is 0 Å². The average Bonchev–Trinajstić information content (AvgIpc) is 2.57. The van der Waals surface area contributed by atoms with Crippen molar-refractivity contribution in [1.29, 1.82) is 0 Å². The Labute approximate surface area is 166 Å². The number of carbonyl (C=O) groups excluding carboxylic acids is 1. The van der Waals surface area contributed by atoms with Crippen molar-refractivity contribution in [2.24, 2.45) is 23.7 Å². The highest BCUT2D eigenvalue weighted by Crippen LogP contribution is 2.38. The molecular formula is C24H40N2O. The first-order valence-electron chi connectivity index (χ1n) is 10.9. The lowest BCUT2D eigenvalue weighted by Crippen LogP contribution is -2.52. The van der Waals surface area contributed by atoms with Gasteiger partial charge in [-0.15, -0.1) is 0 Å². The van der Waals surface area contributed by atoms with Gasteiger partial charge in [0, 0.05) is 24.2 Å². The number of anilines is 1. The Bertz CT molecular complexity index is 554. The van der Waals surface area contributed by atoms with E-state index in [0.717, 1.165) is 24.2 Å². The highest BCUT2D eigenvalue weighted by Gasteiger charge is 2.39. The molecule has 0 aromatic heterocycles. The summed E-state index contributed by atoms with van der Waals surface area (Å²) in [6.45, 7) is 13.0. The Hall–Kier alpha value is -1.35. The molecule has 1 saturated carbocycles. The molecule has 27 heavy (non-hydrogen) atoms. The average molecular weight is 373 g/mol. The standard InChI is InChI=1S/C17H31NO.C7H9N/c1-5-14-9-16(10-14)18-7-6-15(8-12(2)3)17(11-18)13(4)19;1-6-2-4-7(8)5-3-6/h12,14-17H,5-11H2,1-4H3;2-5H,8H2,1H3. The van der Waals surface area contributed by atoms with Crippen LogP contribution in [0.3, 0.4) is 0 Å². The van der Waals surface area contributed by atoms with Crippen LogP contribution in [-0.2, 0) is 4.79 Å². The molecule has 2 aliphatic rings. The molecular weight excluding hydrogens is 332 g/mol. The van der Waals surface area contributed by atoms with Gasteiger partial charge in [-0.05, 0) is 76.0 Å². The third kappa shape index (κ3) is 6.64. The van der Waals surface area contributed by atoms with Crippen LogP contribution in [0, 0.1) is 30.6 Å². The summed E-state index contributed by atoms with van der Waals surface area (Å²) in [5.74, 6) is 3.02. The van der Waals surface area contributed by atoms with Crippen LogP contribution in [0.1, 0.15) is 65.4 Å². The van der Waals surface area contributed by atoms with Crippen molar-refractivity contribution in [1.82, 2.24) is 4.90 Å². The summed E-state index contributed by atoms with van der Waals surface area (Å²) >= 11 is 0. The summed E-state index contributed by atoms with van der Waals surface area (Å²) in [4.78, 5) is 14.6. The van der Waals surface area contributed by atoms with Gasteiger partial charge in [0.05, 0.1) is 0 Å². The fourth-order valence-corrected chi connectivity index (χ4v) is 4.60. The normalized spacial score (nSPS) is 28.2. The summed E-state index contributed by atoms with van der Waals surface area (Å²) in [7, 11) is 0. The van der Waals surface area contributed by atoms with Crippen LogP contribution in [0.25, 0.3) is 0 Å². The molecule has 3 heteroatoms. The second-order valence-electron chi connectivity index (χ2n) is 9.20. The first-order valence-corrected chi connectivity index (χ1v) is 10.9. The Kier molecular flexibility index (Phi) is 8.34. The zero-order chi connectivity index (χ0) is 20.0. The fraction of sp³-hybridized carbons (Fsp3) is 0.708. The summed E-state index contributed by atoms with van der Waals surface area (Å²) < 4.78 is 0. The van der Waals surface area contributed by atoms with E-state index in [0.29, 0.717) is 23.5 Å². The molecule has 2 atom stereocenters. The molecule has 1 heterocycles. The highest BCUT2D eigenvalue weighted by molar-refractivity contribution is 5.79. The maximum Gasteiger partial charge on any atom is 0.134 e. The quantitative estimate of drug-likeness (QED) is 0.711. The maximum atomic E-state index is 12.0. The predicted octanol–water partition coefficient (Wildman–Crippen LogP) is 5.33. The summed E-state index contributed by atoms with van der Waals surface area (Å²) in [5.41, 5.74) is 7.51. The molecule has 0 radical (unpaired) electrons. The molecule has 0 amide bonds. The Morgan fingerprint density at radius 2 is 1.85 bits per heavy atom. The number of hydrogen-bond acceptors (Lipinski definition) is 3. The van der Waals surface area contributed by atoms with Crippen molar-refractivity contribution in [3.63, 3.8) is 0 Å². The maximum absolute atomic E-state index is 12.0. The number of carbonyl (C=O) groups is 1. The van der Waals surface area contributed by atoms with E-state index in [4.69, 9.17) is 5.73 Å². The largest absolute Gasteiger partial charge is 0.399 e. The molecule has 1 saturated heterocycles. The molecule has 1 aromatic rings. The topological polar surface area (TPSA) is 46.3 Å². The van der Waals surface area contributed by atoms with Gasteiger partial charge in [0.2, 0.25) is 0 Å². The molecule has 3 nitrogen and oxygen atoms in total. The molecule has 1 aliphatic heterocycles. The number of benzene rings is 1. The molecule has 2 unspecified atom stereocenters. The molecule has 2 fully saturated rings. The lowest BCUT2D eigenvalue weighted by Gasteiger charge is -2.48. The van der Waals surface area contributed by atoms with E-state index in [2.05, 4.69) is 25.7 Å². The molecule has 1 aliphatic carbocycles. The van der Waals surface area contributed by atoms with Crippen LogP contribution in [0.4, 0.5) is 5.69 Å². The minimum atomic E-state index is 0.303. The lowest BCUT2D eigenvalue weighted by atomic mass is 9.74. The molecule has 0 spiro atoms. The van der Waals surface area contributed by atoms with Gasteiger partial charge in [0.25, 0.3) is 0 Å². The van der Waals surface area contributed by atoms with E-state index in [1.54, 1.807) is 6.92 Å². The molecule has 3 rings (SSSR count). The summed E-state index contributed by atoms with van der Waals surface area (Å²) in [6.07, 6.45) is 6.53. The van der Waals surface area contributed by atoms with Crippen LogP contribution >= 0.6 is 0 Å². The number of likely N-dealkylation sites (tertiary alicyclic amines) is 1. The van der Waals surface area contributed by atoms with Crippen LogP contribution in [0.2, 0.25) is 0 Å². The van der Waals surface area contributed by atoms with Crippen molar-refractivity contribution >= 4 is 11.5 Å². The van der Waals surface area contributed by atoms with E-state index in [9.17, 15) is 4.79 Å². The van der Waals surface area contributed by atoms with Crippen molar-refractivity contribution in [3.05, 3.63) is 29.8 Å². The number of hydrogen-bond donors (Lipinski definition) is 1. The number of nitrogens with two attached hydrogens (primary N) is 1. The summed E-state index contributed by atoms with van der Waals surface area (Å²) in [6, 6.07) is 8.57. The summed E-state index contributed by atoms with van der Waals surface area (Å²) in [5, 5.41) is 0. The van der Waals surface area contributed by atoms with Crippen molar-refractivity contribution in [2.75, 3.05) is 18.8 Å². The third-order valence-electron chi connectivity index (χ3n) is 6.47.